The molecule has 0 spiro atoms. The minimum absolute atomic E-state index is 0.0555. The van der Waals surface area contributed by atoms with Gasteiger partial charge in [0.05, 0.1) is 0 Å². The molecule has 0 saturated heterocycles. The lowest BCUT2D eigenvalue weighted by molar-refractivity contribution is 0.0964. The van der Waals surface area contributed by atoms with Gasteiger partial charge in [-0.15, -0.1) is 0 Å². The number of nitrogens with zero attached hydrogens (tertiary/aromatic N) is 3. The maximum atomic E-state index is 12.3. The van der Waals surface area contributed by atoms with Crippen molar-refractivity contribution in [3.05, 3.63) is 52.6 Å². The highest BCUT2D eigenvalue weighted by Crippen LogP contribution is 2.10. The SMILES string of the molecule is Nc1nc2c(ncn2C(=O)c2ccccc2)c(=O)[nH]1. The average molecular weight is 255 g/mol. The van der Waals surface area contributed by atoms with Crippen LogP contribution in [0.1, 0.15) is 10.4 Å². The van der Waals surface area contributed by atoms with Crippen LogP contribution in [0.2, 0.25) is 0 Å². The molecule has 0 bridgehead atoms. The topological polar surface area (TPSA) is 107 Å². The Morgan fingerprint density at radius 2 is 2.00 bits per heavy atom. The molecule has 3 rings (SSSR count). The molecule has 1 aromatic carbocycles. The molecule has 94 valence electrons. The van der Waals surface area contributed by atoms with Gasteiger partial charge >= 0.3 is 0 Å². The van der Waals surface area contributed by atoms with E-state index in [1.54, 1.807) is 24.3 Å². The van der Waals surface area contributed by atoms with Gasteiger partial charge in [0, 0.05) is 5.56 Å². The van der Waals surface area contributed by atoms with Gasteiger partial charge in [0.2, 0.25) is 5.95 Å². The van der Waals surface area contributed by atoms with Crippen LogP contribution in [0.5, 0.6) is 0 Å². The van der Waals surface area contributed by atoms with Crippen molar-refractivity contribution in [2.24, 2.45) is 0 Å². The maximum Gasteiger partial charge on any atom is 0.280 e. The molecule has 0 unspecified atom stereocenters. The highest BCUT2D eigenvalue weighted by molar-refractivity contribution is 6.00. The lowest BCUT2D eigenvalue weighted by Crippen LogP contribution is -2.15. The number of benzene rings is 1. The van der Waals surface area contributed by atoms with E-state index in [1.807, 2.05) is 6.07 Å². The van der Waals surface area contributed by atoms with Crippen molar-refractivity contribution in [2.45, 2.75) is 0 Å². The third kappa shape index (κ3) is 1.77. The molecule has 0 aliphatic rings. The summed E-state index contributed by atoms with van der Waals surface area (Å²) in [5, 5.41) is 0. The number of aromatic nitrogens is 4. The molecule has 19 heavy (non-hydrogen) atoms. The number of hydrogen-bond donors (Lipinski definition) is 2. The highest BCUT2D eigenvalue weighted by atomic mass is 16.2. The standard InChI is InChI=1S/C12H9N5O2/c13-12-15-9-8(10(18)16-12)14-6-17(9)11(19)7-4-2-1-3-5-7/h1-6H,(H3,13,15,16,18). The number of fused-ring (bicyclic) bond motifs is 1. The maximum absolute atomic E-state index is 12.3. The lowest BCUT2D eigenvalue weighted by atomic mass is 10.2. The summed E-state index contributed by atoms with van der Waals surface area (Å²) in [5.74, 6) is -0.374. The summed E-state index contributed by atoms with van der Waals surface area (Å²) in [7, 11) is 0. The predicted molar refractivity (Wildman–Crippen MR) is 68.7 cm³/mol. The van der Waals surface area contributed by atoms with Crippen LogP contribution in [-0.2, 0) is 0 Å². The number of carbonyl (C=O) groups is 1. The van der Waals surface area contributed by atoms with Gasteiger partial charge in [0.1, 0.15) is 6.33 Å². The van der Waals surface area contributed by atoms with Gasteiger partial charge in [-0.2, -0.15) is 4.98 Å². The lowest BCUT2D eigenvalue weighted by Gasteiger charge is -2.02. The third-order valence-corrected chi connectivity index (χ3v) is 2.66. The van der Waals surface area contributed by atoms with Gasteiger partial charge in [-0.05, 0) is 12.1 Å². The Morgan fingerprint density at radius 1 is 1.26 bits per heavy atom. The molecule has 7 nitrogen and oxygen atoms in total. The second-order valence-electron chi connectivity index (χ2n) is 3.91. The number of anilines is 1. The Morgan fingerprint density at radius 3 is 2.74 bits per heavy atom. The van der Waals surface area contributed by atoms with Gasteiger partial charge in [-0.1, -0.05) is 18.2 Å². The molecule has 7 heteroatoms. The number of imidazole rings is 1. The summed E-state index contributed by atoms with van der Waals surface area (Å²) in [5.41, 5.74) is 5.71. The minimum atomic E-state index is -0.470. The van der Waals surface area contributed by atoms with E-state index in [1.165, 1.54) is 10.9 Å². The van der Waals surface area contributed by atoms with Gasteiger partial charge < -0.3 is 5.73 Å². The Kier molecular flexibility index (Phi) is 2.38. The second-order valence-corrected chi connectivity index (χ2v) is 3.91. The summed E-state index contributed by atoms with van der Waals surface area (Å²) in [6.45, 7) is 0. The third-order valence-electron chi connectivity index (χ3n) is 2.66. The smallest absolute Gasteiger partial charge is 0.280 e. The van der Waals surface area contributed by atoms with Crippen LogP contribution >= 0.6 is 0 Å². The molecule has 0 saturated carbocycles. The van der Waals surface area contributed by atoms with Crippen molar-refractivity contribution < 1.29 is 4.79 Å². The van der Waals surface area contributed by atoms with E-state index in [-0.39, 0.29) is 23.0 Å². The molecule has 0 atom stereocenters. The fourth-order valence-corrected chi connectivity index (χ4v) is 1.79. The quantitative estimate of drug-likeness (QED) is 0.654. The Hall–Kier alpha value is -2.96. The molecular formula is C12H9N5O2. The predicted octanol–water partition coefficient (Wildman–Crippen LogP) is 0.390. The first-order chi connectivity index (χ1) is 9.16. The van der Waals surface area contributed by atoms with E-state index in [2.05, 4.69) is 15.0 Å². The summed E-state index contributed by atoms with van der Waals surface area (Å²) >= 11 is 0. The molecular weight excluding hydrogens is 246 g/mol. The van der Waals surface area contributed by atoms with E-state index < -0.39 is 5.56 Å². The van der Waals surface area contributed by atoms with E-state index in [0.717, 1.165) is 0 Å². The Balaban J connectivity index is 2.22. The molecule has 0 aliphatic carbocycles. The minimum Gasteiger partial charge on any atom is -0.369 e. The first-order valence-corrected chi connectivity index (χ1v) is 5.49. The zero-order chi connectivity index (χ0) is 13.4. The molecule has 2 aromatic heterocycles. The summed E-state index contributed by atoms with van der Waals surface area (Å²) in [6, 6.07) is 8.65. The van der Waals surface area contributed by atoms with Crippen LogP contribution in [0.15, 0.2) is 41.5 Å². The van der Waals surface area contributed by atoms with Crippen LogP contribution in [0, 0.1) is 0 Å². The van der Waals surface area contributed by atoms with Gasteiger partial charge in [-0.25, -0.2) is 9.55 Å². The fourth-order valence-electron chi connectivity index (χ4n) is 1.79. The van der Waals surface area contributed by atoms with Crippen molar-refractivity contribution in [3.8, 4) is 0 Å². The summed E-state index contributed by atoms with van der Waals surface area (Å²) in [6.07, 6.45) is 1.27. The number of aromatic amines is 1. The zero-order valence-corrected chi connectivity index (χ0v) is 9.70. The van der Waals surface area contributed by atoms with E-state index in [4.69, 9.17) is 5.73 Å². The van der Waals surface area contributed by atoms with Crippen LogP contribution in [0.3, 0.4) is 0 Å². The zero-order valence-electron chi connectivity index (χ0n) is 9.70. The number of nitrogens with one attached hydrogen (secondary N) is 1. The molecule has 0 aliphatic heterocycles. The molecule has 0 amide bonds. The second kappa shape index (κ2) is 4.05. The molecule has 3 aromatic rings. The van der Waals surface area contributed by atoms with Crippen molar-refractivity contribution >= 4 is 23.0 Å². The van der Waals surface area contributed by atoms with E-state index >= 15 is 0 Å². The number of carbonyl (C=O) groups excluding carboxylic acids is 1. The first-order valence-electron chi connectivity index (χ1n) is 5.49. The molecule has 2 heterocycles. The van der Waals surface area contributed by atoms with Crippen molar-refractivity contribution in [1.82, 2.24) is 19.5 Å². The average Bonchev–Trinajstić information content (AvgIpc) is 2.83. The number of nitrogen functional groups attached to an aromatic ring is 1. The molecule has 0 radical (unpaired) electrons. The van der Waals surface area contributed by atoms with Gasteiger partial charge in [0.25, 0.3) is 11.5 Å². The number of nitrogens with two attached hydrogens (primary N) is 1. The Labute approximate surface area is 106 Å². The van der Waals surface area contributed by atoms with Crippen molar-refractivity contribution in [3.63, 3.8) is 0 Å². The number of hydrogen-bond acceptors (Lipinski definition) is 5. The highest BCUT2D eigenvalue weighted by Gasteiger charge is 2.15. The molecule has 3 N–H and O–H groups in total. The summed E-state index contributed by atoms with van der Waals surface area (Å²) in [4.78, 5) is 34.0. The van der Waals surface area contributed by atoms with Gasteiger partial charge in [0.15, 0.2) is 11.2 Å². The first kappa shape index (κ1) is 11.1. The van der Waals surface area contributed by atoms with Crippen LogP contribution in [0.4, 0.5) is 5.95 Å². The number of H-pyrrole nitrogens is 1. The van der Waals surface area contributed by atoms with Crippen molar-refractivity contribution in [1.29, 1.82) is 0 Å². The fraction of sp³-hybridized carbons (Fsp3) is 0. The van der Waals surface area contributed by atoms with Crippen LogP contribution in [-0.4, -0.2) is 25.4 Å². The molecule has 0 fully saturated rings. The normalized spacial score (nSPS) is 10.7. The van der Waals surface area contributed by atoms with E-state index in [0.29, 0.717) is 5.56 Å². The summed E-state index contributed by atoms with van der Waals surface area (Å²) < 4.78 is 1.20. The monoisotopic (exact) mass is 255 g/mol. The number of rotatable bonds is 1. The largest absolute Gasteiger partial charge is 0.369 e. The van der Waals surface area contributed by atoms with Gasteiger partial charge in [-0.3, -0.25) is 14.6 Å². The van der Waals surface area contributed by atoms with Crippen LogP contribution in [0.25, 0.3) is 11.2 Å². The van der Waals surface area contributed by atoms with Crippen LogP contribution < -0.4 is 11.3 Å². The van der Waals surface area contributed by atoms with Crippen molar-refractivity contribution in [2.75, 3.05) is 5.73 Å². The Bertz CT molecular complexity index is 819. The van der Waals surface area contributed by atoms with E-state index in [9.17, 15) is 9.59 Å².